The topological polar surface area (TPSA) is 13.1 Å². The Hall–Kier alpha value is -6.84. The molecule has 0 amide bonds. The maximum Gasteiger partial charge on any atom is 0.0633 e. The monoisotopic (exact) mass is 677 g/mol. The highest BCUT2D eigenvalue weighted by molar-refractivity contribution is 6.13. The van der Waals surface area contributed by atoms with Crippen molar-refractivity contribution in [3.8, 4) is 22.5 Å². The molecule has 0 bridgehead atoms. The maximum absolute atomic E-state index is 2.55. The van der Waals surface area contributed by atoms with Gasteiger partial charge in [-0.2, -0.15) is 0 Å². The molecular weight excluding hydrogens is 643 g/mol. The van der Waals surface area contributed by atoms with Crippen LogP contribution in [0, 0.1) is 0 Å². The second kappa shape index (κ2) is 11.9. The molecule has 10 aromatic rings. The Morgan fingerprint density at radius 2 is 0.943 bits per heavy atom. The van der Waals surface area contributed by atoms with Gasteiger partial charge in [-0.25, -0.2) is 0 Å². The average Bonchev–Trinajstić information content (AvgIpc) is 3.90. The molecule has 11 rings (SSSR count). The molecule has 0 radical (unpaired) electrons. The number of para-hydroxylation sites is 3. The molecule has 3 nitrogen and oxygen atoms in total. The van der Waals surface area contributed by atoms with Gasteiger partial charge in [0.2, 0.25) is 0 Å². The van der Waals surface area contributed by atoms with Crippen LogP contribution in [0.1, 0.15) is 17.2 Å². The van der Waals surface area contributed by atoms with Gasteiger partial charge >= 0.3 is 0 Å². The van der Waals surface area contributed by atoms with Gasteiger partial charge in [0.1, 0.15) is 0 Å². The van der Waals surface area contributed by atoms with Crippen LogP contribution >= 0.6 is 0 Å². The van der Waals surface area contributed by atoms with E-state index in [0.29, 0.717) is 0 Å². The molecule has 0 saturated carbocycles. The fourth-order valence-electron chi connectivity index (χ4n) is 8.94. The molecule has 0 fully saturated rings. The second-order valence-electron chi connectivity index (χ2n) is 14.1. The van der Waals surface area contributed by atoms with E-state index in [4.69, 9.17) is 0 Å². The molecule has 3 heterocycles. The van der Waals surface area contributed by atoms with Crippen molar-refractivity contribution in [1.29, 1.82) is 0 Å². The van der Waals surface area contributed by atoms with E-state index in [1.807, 2.05) is 0 Å². The third-order valence-corrected chi connectivity index (χ3v) is 11.2. The Labute approximate surface area is 308 Å². The lowest BCUT2D eigenvalue weighted by molar-refractivity contribution is 0.744. The van der Waals surface area contributed by atoms with Crippen molar-refractivity contribution in [2.75, 3.05) is 4.90 Å². The van der Waals surface area contributed by atoms with Crippen molar-refractivity contribution in [3.05, 3.63) is 205 Å². The van der Waals surface area contributed by atoms with Crippen molar-refractivity contribution < 1.29 is 0 Å². The van der Waals surface area contributed by atoms with E-state index < -0.39 is 0 Å². The molecule has 8 aromatic carbocycles. The lowest BCUT2D eigenvalue weighted by Crippen LogP contribution is -2.19. The van der Waals surface area contributed by atoms with Crippen LogP contribution in [-0.4, -0.2) is 9.13 Å². The molecule has 3 heteroatoms. The summed E-state index contributed by atoms with van der Waals surface area (Å²) in [4.78, 5) is 2.55. The van der Waals surface area contributed by atoms with Gasteiger partial charge < -0.3 is 14.0 Å². The minimum absolute atomic E-state index is 0.188. The maximum atomic E-state index is 2.55. The van der Waals surface area contributed by atoms with Gasteiger partial charge in [0, 0.05) is 56.3 Å². The van der Waals surface area contributed by atoms with Crippen molar-refractivity contribution in [3.63, 3.8) is 0 Å². The van der Waals surface area contributed by atoms with Crippen LogP contribution in [-0.2, 0) is 6.42 Å². The highest BCUT2D eigenvalue weighted by Crippen LogP contribution is 2.50. The van der Waals surface area contributed by atoms with E-state index in [1.165, 1.54) is 77.2 Å². The highest BCUT2D eigenvalue weighted by Gasteiger charge is 2.34. The van der Waals surface area contributed by atoms with E-state index in [0.717, 1.165) is 17.8 Å². The van der Waals surface area contributed by atoms with Gasteiger partial charge in [-0.05, 0) is 71.3 Å². The van der Waals surface area contributed by atoms with Crippen molar-refractivity contribution in [2.24, 2.45) is 0 Å². The number of anilines is 2. The molecule has 1 aliphatic rings. The molecule has 0 aliphatic carbocycles. The summed E-state index contributed by atoms with van der Waals surface area (Å²) in [7, 11) is 0. The van der Waals surface area contributed by atoms with Crippen LogP contribution in [0.25, 0.3) is 66.1 Å². The number of benzene rings is 8. The van der Waals surface area contributed by atoms with Gasteiger partial charge in [0.15, 0.2) is 0 Å². The molecular formula is C50H35N3. The number of hydrogen-bond donors (Lipinski definition) is 0. The summed E-state index contributed by atoms with van der Waals surface area (Å²) in [5.41, 5.74) is 14.8. The summed E-state index contributed by atoms with van der Waals surface area (Å²) in [6.45, 7) is 0. The van der Waals surface area contributed by atoms with Crippen LogP contribution < -0.4 is 4.90 Å². The van der Waals surface area contributed by atoms with E-state index in [9.17, 15) is 0 Å². The van der Waals surface area contributed by atoms with Crippen LogP contribution in [0.4, 0.5) is 11.4 Å². The van der Waals surface area contributed by atoms with Gasteiger partial charge in [-0.15, -0.1) is 0 Å². The van der Waals surface area contributed by atoms with Crippen LogP contribution in [0.3, 0.4) is 0 Å². The van der Waals surface area contributed by atoms with Crippen molar-refractivity contribution >= 4 is 55.0 Å². The average molecular weight is 678 g/mol. The minimum atomic E-state index is 0.188. The molecule has 1 unspecified atom stereocenters. The zero-order valence-corrected chi connectivity index (χ0v) is 29.1. The number of hydrogen-bond acceptors (Lipinski definition) is 1. The zero-order chi connectivity index (χ0) is 34.9. The standard InChI is InChI=1S/C50H35N3/c1-4-15-34(16-5-1)36-27-28-42-40-23-10-12-25-45(40)52(49(42)31-36)38-21-14-22-39(32-38)53-46-26-13-11-24-41(46)43-29-30-47-44(50(43)53)33-48(35-17-6-2-7-18-35)51(47)37-19-8-3-9-20-37/h1-32,48H,33H2. The molecule has 0 N–H and O–H groups in total. The largest absolute Gasteiger partial charge is 0.333 e. The lowest BCUT2D eigenvalue weighted by atomic mass is 10.0. The van der Waals surface area contributed by atoms with E-state index in [2.05, 4.69) is 208 Å². The van der Waals surface area contributed by atoms with E-state index in [1.54, 1.807) is 0 Å². The first kappa shape index (κ1) is 29.8. The summed E-state index contributed by atoms with van der Waals surface area (Å²) in [5, 5.41) is 5.08. The molecule has 2 aromatic heterocycles. The fraction of sp³-hybridized carbons (Fsp3) is 0.0400. The van der Waals surface area contributed by atoms with E-state index in [-0.39, 0.29) is 6.04 Å². The predicted molar refractivity (Wildman–Crippen MR) is 222 cm³/mol. The van der Waals surface area contributed by atoms with Crippen molar-refractivity contribution in [1.82, 2.24) is 9.13 Å². The third kappa shape index (κ3) is 4.60. The normalized spacial score (nSPS) is 14.1. The van der Waals surface area contributed by atoms with Gasteiger partial charge in [0.25, 0.3) is 0 Å². The summed E-state index contributed by atoms with van der Waals surface area (Å²) in [6, 6.07) is 71.2. The minimum Gasteiger partial charge on any atom is -0.333 e. The zero-order valence-electron chi connectivity index (χ0n) is 29.1. The summed E-state index contributed by atoms with van der Waals surface area (Å²) in [5.74, 6) is 0. The van der Waals surface area contributed by atoms with Gasteiger partial charge in [0.05, 0.1) is 28.1 Å². The molecule has 1 atom stereocenters. The lowest BCUT2D eigenvalue weighted by Gasteiger charge is -2.28. The first-order chi connectivity index (χ1) is 26.3. The molecule has 1 aliphatic heterocycles. The molecule has 250 valence electrons. The Morgan fingerprint density at radius 1 is 0.377 bits per heavy atom. The number of fused-ring (bicyclic) bond motifs is 8. The fourth-order valence-corrected chi connectivity index (χ4v) is 8.94. The predicted octanol–water partition coefficient (Wildman–Crippen LogP) is 13.0. The Kier molecular flexibility index (Phi) is 6.68. The Balaban J connectivity index is 1.16. The smallest absolute Gasteiger partial charge is 0.0633 e. The van der Waals surface area contributed by atoms with Gasteiger partial charge in [-0.3, -0.25) is 0 Å². The van der Waals surface area contributed by atoms with Crippen LogP contribution in [0.5, 0.6) is 0 Å². The molecule has 53 heavy (non-hydrogen) atoms. The molecule has 0 spiro atoms. The third-order valence-electron chi connectivity index (χ3n) is 11.2. The first-order valence-corrected chi connectivity index (χ1v) is 18.5. The second-order valence-corrected chi connectivity index (χ2v) is 14.1. The number of rotatable bonds is 5. The number of aromatic nitrogens is 2. The van der Waals surface area contributed by atoms with Crippen LogP contribution in [0.2, 0.25) is 0 Å². The highest BCUT2D eigenvalue weighted by atomic mass is 15.2. The van der Waals surface area contributed by atoms with Gasteiger partial charge in [-0.1, -0.05) is 140 Å². The first-order valence-electron chi connectivity index (χ1n) is 18.5. The van der Waals surface area contributed by atoms with Crippen LogP contribution in [0.15, 0.2) is 194 Å². The summed E-state index contributed by atoms with van der Waals surface area (Å²) < 4.78 is 4.97. The Morgan fingerprint density at radius 3 is 1.70 bits per heavy atom. The van der Waals surface area contributed by atoms with E-state index >= 15 is 0 Å². The number of nitrogens with zero attached hydrogens (tertiary/aromatic N) is 3. The summed E-state index contributed by atoms with van der Waals surface area (Å²) >= 11 is 0. The quantitative estimate of drug-likeness (QED) is 0.177. The summed E-state index contributed by atoms with van der Waals surface area (Å²) in [6.07, 6.45) is 0.913. The Bertz CT molecular complexity index is 2970. The van der Waals surface area contributed by atoms with Crippen molar-refractivity contribution in [2.45, 2.75) is 12.5 Å². The molecule has 0 saturated heterocycles. The SMILES string of the molecule is c1ccc(-c2ccc3c4ccccc4n(-c4cccc(-n5c6ccccc6c6ccc7c(c65)CC(c5ccccc5)N7c5ccccc5)c4)c3c2)cc1.